The molecule has 4 aliphatic rings. The molecule has 1 atom stereocenters. The molecule has 1 N–H and O–H groups in total. The molecule has 4 bridgehead atoms. The normalized spacial score (nSPS) is 34.5. The van der Waals surface area contributed by atoms with Crippen LogP contribution in [0.4, 0.5) is 0 Å². The summed E-state index contributed by atoms with van der Waals surface area (Å²) in [5.41, 5.74) is 0. The lowest BCUT2D eigenvalue weighted by Gasteiger charge is -2.53. The zero-order valence-electron chi connectivity index (χ0n) is 17.3. The molecule has 0 aromatic heterocycles. The van der Waals surface area contributed by atoms with Crippen LogP contribution >= 0.6 is 0 Å². The van der Waals surface area contributed by atoms with Gasteiger partial charge in [0.05, 0.1) is 11.0 Å². The summed E-state index contributed by atoms with van der Waals surface area (Å²) in [6.45, 7) is 8.50. The lowest BCUT2D eigenvalue weighted by atomic mass is 9.56. The lowest BCUT2D eigenvalue weighted by Crippen LogP contribution is -2.52. The first-order chi connectivity index (χ1) is 12.3. The molecule has 4 aliphatic carbocycles. The van der Waals surface area contributed by atoms with Crippen molar-refractivity contribution in [2.24, 2.45) is 35.5 Å². The van der Waals surface area contributed by atoms with E-state index in [9.17, 15) is 8.42 Å². The number of rotatable bonds is 11. The van der Waals surface area contributed by atoms with Crippen molar-refractivity contribution in [2.75, 3.05) is 18.8 Å². The molecule has 0 radical (unpaired) electrons. The van der Waals surface area contributed by atoms with E-state index in [1.165, 1.54) is 51.4 Å². The van der Waals surface area contributed by atoms with Gasteiger partial charge in [0.25, 0.3) is 0 Å². The van der Waals surface area contributed by atoms with Crippen LogP contribution in [-0.2, 0) is 9.84 Å². The molecule has 0 aliphatic heterocycles. The van der Waals surface area contributed by atoms with Crippen molar-refractivity contribution < 1.29 is 8.42 Å². The largest absolute Gasteiger partial charge is 0.316 e. The van der Waals surface area contributed by atoms with Crippen molar-refractivity contribution in [3.05, 3.63) is 0 Å². The number of hydrogen-bond acceptors (Lipinski definition) is 3. The van der Waals surface area contributed by atoms with Crippen LogP contribution in [0.3, 0.4) is 0 Å². The maximum Gasteiger partial charge on any atom is 0.154 e. The summed E-state index contributed by atoms with van der Waals surface area (Å²) in [5, 5.41) is 3.41. The van der Waals surface area contributed by atoms with Crippen LogP contribution in [0.25, 0.3) is 0 Å². The van der Waals surface area contributed by atoms with Crippen molar-refractivity contribution in [1.29, 1.82) is 0 Å². The predicted molar refractivity (Wildman–Crippen MR) is 110 cm³/mol. The Bertz CT molecular complexity index is 514. The van der Waals surface area contributed by atoms with E-state index in [2.05, 4.69) is 26.1 Å². The van der Waals surface area contributed by atoms with E-state index < -0.39 is 9.84 Å². The Balaban J connectivity index is 1.34. The van der Waals surface area contributed by atoms with E-state index in [1.54, 1.807) is 0 Å². The van der Waals surface area contributed by atoms with Gasteiger partial charge in [0.15, 0.2) is 9.84 Å². The molecule has 0 aromatic rings. The highest BCUT2D eigenvalue weighted by molar-refractivity contribution is 7.92. The summed E-state index contributed by atoms with van der Waals surface area (Å²) < 4.78 is 26.0. The molecule has 0 spiro atoms. The predicted octanol–water partition coefficient (Wildman–Crippen LogP) is 4.67. The quantitative estimate of drug-likeness (QED) is 0.527. The summed E-state index contributed by atoms with van der Waals surface area (Å²) in [4.78, 5) is 0. The minimum Gasteiger partial charge on any atom is -0.316 e. The highest BCUT2D eigenvalue weighted by Gasteiger charge is 2.52. The van der Waals surface area contributed by atoms with Gasteiger partial charge in [0.2, 0.25) is 0 Å². The topological polar surface area (TPSA) is 46.2 Å². The minimum atomic E-state index is -2.93. The Morgan fingerprint density at radius 1 is 0.846 bits per heavy atom. The summed E-state index contributed by atoms with van der Waals surface area (Å²) >= 11 is 0. The number of sulfone groups is 1. The van der Waals surface area contributed by atoms with Gasteiger partial charge in [-0.1, -0.05) is 40.0 Å². The molecule has 0 amide bonds. The lowest BCUT2D eigenvalue weighted by molar-refractivity contribution is 0.0238. The molecule has 0 aromatic carbocycles. The van der Waals surface area contributed by atoms with Crippen LogP contribution in [0.15, 0.2) is 0 Å². The summed E-state index contributed by atoms with van der Waals surface area (Å²) in [7, 11) is -2.93. The summed E-state index contributed by atoms with van der Waals surface area (Å²) in [6.07, 6.45) is 11.3. The maximum absolute atomic E-state index is 13.0. The Kier molecular flexibility index (Phi) is 7.10. The van der Waals surface area contributed by atoms with Crippen LogP contribution in [0.2, 0.25) is 0 Å². The Labute approximate surface area is 162 Å². The molecule has 1 unspecified atom stereocenters. The van der Waals surface area contributed by atoms with Crippen molar-refractivity contribution >= 4 is 9.84 Å². The fourth-order valence-electron chi connectivity index (χ4n) is 6.30. The average Bonchev–Trinajstić information content (AvgIpc) is 2.52. The second kappa shape index (κ2) is 8.94. The van der Waals surface area contributed by atoms with Crippen LogP contribution in [0.5, 0.6) is 0 Å². The van der Waals surface area contributed by atoms with E-state index in [4.69, 9.17) is 0 Å². The third kappa shape index (κ3) is 5.25. The van der Waals surface area contributed by atoms with E-state index in [1.807, 2.05) is 0 Å². The highest BCUT2D eigenvalue weighted by Crippen LogP contribution is 2.55. The standard InChI is InChI=1S/C22H41NO2S/c1-16(2)5-4-6-17(3)7-8-23-9-10-26(24,25)22-20-12-18-11-19(14-20)15-21(22)13-18/h16-23H,4-15H2,1-3H3. The van der Waals surface area contributed by atoms with Gasteiger partial charge in [-0.25, -0.2) is 8.42 Å². The van der Waals surface area contributed by atoms with Gasteiger partial charge in [0.1, 0.15) is 0 Å². The molecular weight excluding hydrogens is 342 g/mol. The van der Waals surface area contributed by atoms with Crippen LogP contribution < -0.4 is 5.32 Å². The van der Waals surface area contributed by atoms with Gasteiger partial charge in [-0.3, -0.25) is 0 Å². The third-order valence-electron chi connectivity index (χ3n) is 7.41. The van der Waals surface area contributed by atoms with Gasteiger partial charge in [-0.15, -0.1) is 0 Å². The van der Waals surface area contributed by atoms with Gasteiger partial charge < -0.3 is 5.32 Å². The Morgan fingerprint density at radius 2 is 1.46 bits per heavy atom. The van der Waals surface area contributed by atoms with Crippen molar-refractivity contribution in [1.82, 2.24) is 5.32 Å². The van der Waals surface area contributed by atoms with E-state index in [-0.39, 0.29) is 5.25 Å². The van der Waals surface area contributed by atoms with Gasteiger partial charge >= 0.3 is 0 Å². The molecule has 4 saturated carbocycles. The molecule has 4 fully saturated rings. The van der Waals surface area contributed by atoms with Gasteiger partial charge in [-0.2, -0.15) is 0 Å². The van der Waals surface area contributed by atoms with E-state index in [0.29, 0.717) is 24.1 Å². The molecule has 152 valence electrons. The first kappa shape index (κ1) is 20.6. The summed E-state index contributed by atoms with van der Waals surface area (Å²) in [5.74, 6) is 4.55. The van der Waals surface area contributed by atoms with Crippen LogP contribution in [0.1, 0.15) is 78.6 Å². The second-order valence-corrected chi connectivity index (χ2v) is 12.5. The molecule has 3 nitrogen and oxygen atoms in total. The molecule has 4 heteroatoms. The zero-order chi connectivity index (χ0) is 18.7. The first-order valence-electron chi connectivity index (χ1n) is 11.3. The van der Waals surface area contributed by atoms with Gasteiger partial charge in [0, 0.05) is 6.54 Å². The first-order valence-corrected chi connectivity index (χ1v) is 13.0. The van der Waals surface area contributed by atoms with Crippen LogP contribution in [-0.4, -0.2) is 32.5 Å². The zero-order valence-corrected chi connectivity index (χ0v) is 18.1. The number of nitrogens with one attached hydrogen (secondary N) is 1. The van der Waals surface area contributed by atoms with E-state index in [0.717, 1.165) is 36.6 Å². The highest BCUT2D eigenvalue weighted by atomic mass is 32.2. The average molecular weight is 384 g/mol. The smallest absolute Gasteiger partial charge is 0.154 e. The van der Waals surface area contributed by atoms with E-state index >= 15 is 0 Å². The van der Waals surface area contributed by atoms with Crippen molar-refractivity contribution in [3.63, 3.8) is 0 Å². The molecule has 26 heavy (non-hydrogen) atoms. The minimum absolute atomic E-state index is 0.00735. The van der Waals surface area contributed by atoms with Crippen molar-refractivity contribution in [3.8, 4) is 0 Å². The van der Waals surface area contributed by atoms with Crippen molar-refractivity contribution in [2.45, 2.75) is 83.8 Å². The number of hydrogen-bond donors (Lipinski definition) is 1. The molecule has 0 heterocycles. The molecule has 4 rings (SSSR count). The van der Waals surface area contributed by atoms with Gasteiger partial charge in [-0.05, 0) is 80.6 Å². The fraction of sp³-hybridized carbons (Fsp3) is 1.00. The molecule has 0 saturated heterocycles. The monoisotopic (exact) mass is 383 g/mol. The molecular formula is C22H41NO2S. The Hall–Kier alpha value is -0.0900. The van der Waals surface area contributed by atoms with Crippen LogP contribution in [0, 0.1) is 35.5 Å². The summed E-state index contributed by atoms with van der Waals surface area (Å²) in [6, 6.07) is 0. The Morgan fingerprint density at radius 3 is 2.04 bits per heavy atom. The third-order valence-corrected chi connectivity index (χ3v) is 9.78. The second-order valence-electron chi connectivity index (χ2n) is 10.2. The fourth-order valence-corrected chi connectivity index (χ4v) is 8.62. The maximum atomic E-state index is 13.0. The SMILES string of the molecule is CC(C)CCCC(C)CCNCCS(=O)(=O)C1C2CC3CC(C2)CC1C3.